The Hall–Kier alpha value is -1.95. The van der Waals surface area contributed by atoms with Crippen LogP contribution in [0.2, 0.25) is 0 Å². The Kier molecular flexibility index (Phi) is 5.49. The van der Waals surface area contributed by atoms with Crippen LogP contribution >= 0.6 is 0 Å². The van der Waals surface area contributed by atoms with Gasteiger partial charge in [-0.3, -0.25) is 9.59 Å². The minimum atomic E-state index is -0.676. The van der Waals surface area contributed by atoms with Crippen LogP contribution in [0, 0.1) is 11.7 Å². The van der Waals surface area contributed by atoms with Gasteiger partial charge in [-0.1, -0.05) is 26.0 Å². The van der Waals surface area contributed by atoms with Crippen molar-refractivity contribution in [1.82, 2.24) is 10.2 Å². The molecule has 120 valence electrons. The molecule has 0 saturated carbocycles. The summed E-state index contributed by atoms with van der Waals surface area (Å²) in [6.45, 7) is 5.72. The highest BCUT2D eigenvalue weighted by atomic mass is 19.1. The number of ether oxygens (including phenoxy) is 1. The first-order valence-electron chi connectivity index (χ1n) is 7.42. The summed E-state index contributed by atoms with van der Waals surface area (Å²) in [5.74, 6) is -1.41. The molecular formula is C16H21FN2O3. The van der Waals surface area contributed by atoms with E-state index < -0.39 is 17.8 Å². The van der Waals surface area contributed by atoms with Gasteiger partial charge in [-0.2, -0.15) is 0 Å². The summed E-state index contributed by atoms with van der Waals surface area (Å²) in [5.41, 5.74) is -0.0528. The molecule has 1 aromatic carbocycles. The third-order valence-electron chi connectivity index (χ3n) is 3.66. The second-order valence-corrected chi connectivity index (χ2v) is 5.61. The van der Waals surface area contributed by atoms with Crippen molar-refractivity contribution in [3.05, 3.63) is 35.6 Å². The van der Waals surface area contributed by atoms with Crippen LogP contribution in [0.25, 0.3) is 0 Å². The number of carbonyl (C=O) groups excluding carboxylic acids is 2. The van der Waals surface area contributed by atoms with Crippen molar-refractivity contribution in [1.29, 1.82) is 0 Å². The van der Waals surface area contributed by atoms with Crippen molar-refractivity contribution in [2.24, 2.45) is 5.92 Å². The minimum absolute atomic E-state index is 0.0528. The van der Waals surface area contributed by atoms with Gasteiger partial charge in [0, 0.05) is 13.1 Å². The van der Waals surface area contributed by atoms with Gasteiger partial charge in [-0.25, -0.2) is 4.39 Å². The lowest BCUT2D eigenvalue weighted by molar-refractivity contribution is -0.138. The fraction of sp³-hybridized carbons (Fsp3) is 0.500. The van der Waals surface area contributed by atoms with Crippen molar-refractivity contribution in [2.75, 3.05) is 26.3 Å². The molecule has 1 aliphatic rings. The molecule has 1 N–H and O–H groups in total. The zero-order chi connectivity index (χ0) is 16.1. The van der Waals surface area contributed by atoms with Crippen molar-refractivity contribution >= 4 is 11.8 Å². The van der Waals surface area contributed by atoms with Crippen LogP contribution < -0.4 is 5.32 Å². The maximum Gasteiger partial charge on any atom is 0.254 e. The number of benzene rings is 1. The Bertz CT molecular complexity index is 542. The van der Waals surface area contributed by atoms with E-state index in [2.05, 4.69) is 5.32 Å². The van der Waals surface area contributed by atoms with Crippen LogP contribution in [-0.4, -0.2) is 49.1 Å². The van der Waals surface area contributed by atoms with Gasteiger partial charge in [0.1, 0.15) is 11.9 Å². The van der Waals surface area contributed by atoms with E-state index in [0.29, 0.717) is 26.3 Å². The molecule has 1 saturated heterocycles. The number of nitrogens with one attached hydrogen (secondary N) is 1. The summed E-state index contributed by atoms with van der Waals surface area (Å²) in [7, 11) is 0. The van der Waals surface area contributed by atoms with Gasteiger partial charge >= 0.3 is 0 Å². The topological polar surface area (TPSA) is 58.6 Å². The maximum atomic E-state index is 13.7. The molecule has 2 amide bonds. The lowest BCUT2D eigenvalue weighted by atomic mass is 10.0. The van der Waals surface area contributed by atoms with Gasteiger partial charge in [0.2, 0.25) is 5.91 Å². The first-order chi connectivity index (χ1) is 10.5. The van der Waals surface area contributed by atoms with Gasteiger partial charge in [-0.15, -0.1) is 0 Å². The molecule has 1 atom stereocenters. The maximum absolute atomic E-state index is 13.7. The van der Waals surface area contributed by atoms with Gasteiger partial charge < -0.3 is 15.0 Å². The van der Waals surface area contributed by atoms with Gasteiger partial charge in [0.25, 0.3) is 5.91 Å². The average Bonchev–Trinajstić information content (AvgIpc) is 2.52. The summed E-state index contributed by atoms with van der Waals surface area (Å²) in [5, 5.41) is 2.66. The van der Waals surface area contributed by atoms with Crippen LogP contribution in [0.5, 0.6) is 0 Å². The second kappa shape index (κ2) is 7.35. The molecule has 0 unspecified atom stereocenters. The van der Waals surface area contributed by atoms with Crippen molar-refractivity contribution in [3.63, 3.8) is 0 Å². The third-order valence-corrected chi connectivity index (χ3v) is 3.66. The summed E-state index contributed by atoms with van der Waals surface area (Å²) in [4.78, 5) is 26.5. The Morgan fingerprint density at radius 1 is 1.23 bits per heavy atom. The molecule has 1 aliphatic heterocycles. The number of hydrogen-bond donors (Lipinski definition) is 1. The molecule has 22 heavy (non-hydrogen) atoms. The molecule has 0 bridgehead atoms. The molecule has 1 fully saturated rings. The molecule has 2 rings (SSSR count). The quantitative estimate of drug-likeness (QED) is 0.915. The number of rotatable bonds is 4. The van der Waals surface area contributed by atoms with Crippen molar-refractivity contribution in [3.8, 4) is 0 Å². The molecule has 5 nitrogen and oxygen atoms in total. The Labute approximate surface area is 129 Å². The number of carbonyl (C=O) groups is 2. The highest BCUT2D eigenvalue weighted by molar-refractivity contribution is 5.97. The van der Waals surface area contributed by atoms with E-state index in [1.165, 1.54) is 18.2 Å². The van der Waals surface area contributed by atoms with E-state index in [-0.39, 0.29) is 17.4 Å². The number of nitrogens with zero attached hydrogens (tertiary/aromatic N) is 1. The summed E-state index contributed by atoms with van der Waals surface area (Å²) in [6.07, 6.45) is 0. The standard InChI is InChI=1S/C16H21FN2O3/c1-11(2)14(16(21)19-7-9-22-10-8-19)18-15(20)12-5-3-4-6-13(12)17/h3-6,11,14H,7-10H2,1-2H3,(H,18,20)/t14-/m1/s1. The summed E-state index contributed by atoms with van der Waals surface area (Å²) >= 11 is 0. The molecule has 1 aromatic rings. The normalized spacial score (nSPS) is 16.5. The van der Waals surface area contributed by atoms with E-state index in [4.69, 9.17) is 4.74 Å². The van der Waals surface area contributed by atoms with Crippen LogP contribution in [0.3, 0.4) is 0 Å². The van der Waals surface area contributed by atoms with Crippen molar-refractivity contribution < 1.29 is 18.7 Å². The number of halogens is 1. The zero-order valence-corrected chi connectivity index (χ0v) is 12.8. The molecule has 0 aromatic heterocycles. The predicted molar refractivity (Wildman–Crippen MR) is 79.9 cm³/mol. The van der Waals surface area contributed by atoms with Crippen LogP contribution in [0.15, 0.2) is 24.3 Å². The Balaban J connectivity index is 2.10. The van der Waals surface area contributed by atoms with E-state index in [0.717, 1.165) is 0 Å². The first-order valence-corrected chi connectivity index (χ1v) is 7.42. The Morgan fingerprint density at radius 3 is 2.45 bits per heavy atom. The van der Waals surface area contributed by atoms with E-state index in [1.807, 2.05) is 13.8 Å². The predicted octanol–water partition coefficient (Wildman–Crippen LogP) is 1.44. The summed E-state index contributed by atoms with van der Waals surface area (Å²) < 4.78 is 18.9. The molecule has 0 spiro atoms. The second-order valence-electron chi connectivity index (χ2n) is 5.61. The number of morpholine rings is 1. The molecule has 0 radical (unpaired) electrons. The SMILES string of the molecule is CC(C)[C@@H](NC(=O)c1ccccc1F)C(=O)N1CCOCC1. The largest absolute Gasteiger partial charge is 0.378 e. The van der Waals surface area contributed by atoms with Gasteiger partial charge in [0.15, 0.2) is 0 Å². The lowest BCUT2D eigenvalue weighted by Crippen LogP contribution is -2.53. The number of amides is 2. The fourth-order valence-electron chi connectivity index (χ4n) is 2.36. The van der Waals surface area contributed by atoms with Crippen LogP contribution in [0.4, 0.5) is 4.39 Å². The average molecular weight is 308 g/mol. The van der Waals surface area contributed by atoms with Crippen LogP contribution in [0.1, 0.15) is 24.2 Å². The molecule has 1 heterocycles. The van der Waals surface area contributed by atoms with E-state index in [9.17, 15) is 14.0 Å². The third kappa shape index (κ3) is 3.82. The van der Waals surface area contributed by atoms with Crippen LogP contribution in [-0.2, 0) is 9.53 Å². The lowest BCUT2D eigenvalue weighted by Gasteiger charge is -2.32. The zero-order valence-electron chi connectivity index (χ0n) is 12.8. The van der Waals surface area contributed by atoms with E-state index >= 15 is 0 Å². The highest BCUT2D eigenvalue weighted by Crippen LogP contribution is 2.11. The van der Waals surface area contributed by atoms with E-state index in [1.54, 1.807) is 11.0 Å². The molecule has 0 aliphatic carbocycles. The Morgan fingerprint density at radius 2 is 1.86 bits per heavy atom. The number of hydrogen-bond acceptors (Lipinski definition) is 3. The molecular weight excluding hydrogens is 287 g/mol. The molecule has 6 heteroatoms. The van der Waals surface area contributed by atoms with Crippen molar-refractivity contribution in [2.45, 2.75) is 19.9 Å². The smallest absolute Gasteiger partial charge is 0.254 e. The van der Waals surface area contributed by atoms with Gasteiger partial charge in [0.05, 0.1) is 18.8 Å². The minimum Gasteiger partial charge on any atom is -0.378 e. The first kappa shape index (κ1) is 16.4. The fourth-order valence-corrected chi connectivity index (χ4v) is 2.36. The highest BCUT2D eigenvalue weighted by Gasteiger charge is 2.30. The monoisotopic (exact) mass is 308 g/mol. The summed E-state index contributed by atoms with van der Waals surface area (Å²) in [6, 6.07) is 5.06. The van der Waals surface area contributed by atoms with Gasteiger partial charge in [-0.05, 0) is 18.1 Å².